The molecule has 0 saturated heterocycles. The molecule has 102 valence electrons. The summed E-state index contributed by atoms with van der Waals surface area (Å²) in [6.07, 6.45) is 1.80. The van der Waals surface area contributed by atoms with Crippen molar-refractivity contribution in [2.24, 2.45) is 0 Å². The highest BCUT2D eigenvalue weighted by atomic mass is 16.5. The van der Waals surface area contributed by atoms with Crippen LogP contribution in [-0.2, 0) is 13.1 Å². The van der Waals surface area contributed by atoms with Crippen LogP contribution in [0.25, 0.3) is 0 Å². The summed E-state index contributed by atoms with van der Waals surface area (Å²) < 4.78 is 5.22. The van der Waals surface area contributed by atoms with Gasteiger partial charge < -0.3 is 4.74 Å². The molecule has 0 amide bonds. The molecule has 1 aromatic carbocycles. The number of pyridine rings is 1. The number of benzene rings is 1. The van der Waals surface area contributed by atoms with E-state index in [2.05, 4.69) is 16.0 Å². The number of nitriles is 1. The third-order valence-electron chi connectivity index (χ3n) is 3.00. The first-order valence-electron chi connectivity index (χ1n) is 6.38. The van der Waals surface area contributed by atoms with Gasteiger partial charge in [0.15, 0.2) is 0 Å². The van der Waals surface area contributed by atoms with Gasteiger partial charge in [-0.25, -0.2) is 0 Å². The van der Waals surface area contributed by atoms with Crippen LogP contribution in [0.4, 0.5) is 0 Å². The Kier molecular flexibility index (Phi) is 4.70. The van der Waals surface area contributed by atoms with E-state index in [1.54, 1.807) is 19.4 Å². The molecule has 0 aliphatic heterocycles. The number of aromatic nitrogens is 1. The smallest absolute Gasteiger partial charge is 0.136 e. The quantitative estimate of drug-likeness (QED) is 0.835. The Bertz CT molecular complexity index is 605. The Morgan fingerprint density at radius 3 is 2.75 bits per heavy atom. The molecule has 1 heterocycles. The van der Waals surface area contributed by atoms with Gasteiger partial charge in [0, 0.05) is 19.3 Å². The lowest BCUT2D eigenvalue weighted by molar-refractivity contribution is 0.314. The number of nitrogens with zero attached hydrogens (tertiary/aromatic N) is 3. The molecule has 0 atom stereocenters. The molecule has 4 nitrogen and oxygen atoms in total. The maximum absolute atomic E-state index is 8.97. The SMILES string of the molecule is COc1cc(CN(C)Cc2ccccn2)ccc1C#N. The Balaban J connectivity index is 2.05. The Labute approximate surface area is 119 Å². The minimum atomic E-state index is 0.559. The van der Waals surface area contributed by atoms with Crippen molar-refractivity contribution in [1.82, 2.24) is 9.88 Å². The van der Waals surface area contributed by atoms with E-state index in [4.69, 9.17) is 10.00 Å². The van der Waals surface area contributed by atoms with Crippen molar-refractivity contribution < 1.29 is 4.74 Å². The molecule has 1 aromatic heterocycles. The predicted octanol–water partition coefficient (Wildman–Crippen LogP) is 2.59. The fraction of sp³-hybridized carbons (Fsp3) is 0.250. The van der Waals surface area contributed by atoms with Crippen molar-refractivity contribution in [2.45, 2.75) is 13.1 Å². The lowest BCUT2D eigenvalue weighted by Crippen LogP contribution is -2.17. The van der Waals surface area contributed by atoms with Crippen molar-refractivity contribution in [2.75, 3.05) is 14.2 Å². The van der Waals surface area contributed by atoms with Gasteiger partial charge in [-0.1, -0.05) is 12.1 Å². The molecule has 0 radical (unpaired) electrons. The van der Waals surface area contributed by atoms with E-state index >= 15 is 0 Å². The van der Waals surface area contributed by atoms with Gasteiger partial charge in [-0.2, -0.15) is 5.26 Å². The number of rotatable bonds is 5. The van der Waals surface area contributed by atoms with Crippen LogP contribution in [0.1, 0.15) is 16.8 Å². The van der Waals surface area contributed by atoms with Gasteiger partial charge in [0.2, 0.25) is 0 Å². The van der Waals surface area contributed by atoms with E-state index in [9.17, 15) is 0 Å². The standard InChI is InChI=1S/C16H17N3O/c1-19(12-15-5-3-4-8-18-15)11-13-6-7-14(10-17)16(9-13)20-2/h3-9H,11-12H2,1-2H3. The summed E-state index contributed by atoms with van der Waals surface area (Å²) in [6.45, 7) is 1.56. The van der Waals surface area contributed by atoms with E-state index < -0.39 is 0 Å². The number of ether oxygens (including phenoxy) is 1. The number of methoxy groups -OCH3 is 1. The maximum atomic E-state index is 8.97. The van der Waals surface area contributed by atoms with E-state index in [1.807, 2.05) is 37.4 Å². The third kappa shape index (κ3) is 3.56. The minimum absolute atomic E-state index is 0.559. The molecule has 0 bridgehead atoms. The van der Waals surface area contributed by atoms with Crippen LogP contribution in [0.15, 0.2) is 42.6 Å². The van der Waals surface area contributed by atoms with Crippen LogP contribution < -0.4 is 4.74 Å². The fourth-order valence-corrected chi connectivity index (χ4v) is 2.06. The fourth-order valence-electron chi connectivity index (χ4n) is 2.06. The molecule has 20 heavy (non-hydrogen) atoms. The molecule has 2 rings (SSSR count). The number of hydrogen-bond donors (Lipinski definition) is 0. The lowest BCUT2D eigenvalue weighted by Gasteiger charge is -2.16. The summed E-state index contributed by atoms with van der Waals surface area (Å²) in [5, 5.41) is 8.97. The summed E-state index contributed by atoms with van der Waals surface area (Å²) in [7, 11) is 3.62. The average molecular weight is 267 g/mol. The van der Waals surface area contributed by atoms with Crippen molar-refractivity contribution in [3.63, 3.8) is 0 Å². The van der Waals surface area contributed by atoms with Crippen molar-refractivity contribution in [1.29, 1.82) is 5.26 Å². The first kappa shape index (κ1) is 14.0. The average Bonchev–Trinajstić information content (AvgIpc) is 2.48. The normalized spacial score (nSPS) is 10.3. The first-order chi connectivity index (χ1) is 9.72. The lowest BCUT2D eigenvalue weighted by atomic mass is 10.1. The van der Waals surface area contributed by atoms with Crippen molar-refractivity contribution in [3.05, 3.63) is 59.4 Å². The summed E-state index contributed by atoms with van der Waals surface area (Å²) in [6, 6.07) is 13.7. The molecular weight excluding hydrogens is 250 g/mol. The molecule has 0 fully saturated rings. The molecule has 0 aliphatic carbocycles. The molecule has 0 N–H and O–H groups in total. The van der Waals surface area contributed by atoms with Gasteiger partial charge in [-0.05, 0) is 36.9 Å². The van der Waals surface area contributed by atoms with Crippen molar-refractivity contribution in [3.8, 4) is 11.8 Å². The Morgan fingerprint density at radius 1 is 1.25 bits per heavy atom. The highest BCUT2D eigenvalue weighted by molar-refractivity contribution is 5.45. The van der Waals surface area contributed by atoms with Gasteiger partial charge in [0.1, 0.15) is 11.8 Å². The van der Waals surface area contributed by atoms with Crippen LogP contribution in [0.3, 0.4) is 0 Å². The molecule has 2 aromatic rings. The molecule has 0 saturated carbocycles. The van der Waals surface area contributed by atoms with Crippen LogP contribution >= 0.6 is 0 Å². The van der Waals surface area contributed by atoms with Crippen LogP contribution in [0.2, 0.25) is 0 Å². The van der Waals surface area contributed by atoms with Gasteiger partial charge in [-0.15, -0.1) is 0 Å². The van der Waals surface area contributed by atoms with Gasteiger partial charge in [-0.3, -0.25) is 9.88 Å². The zero-order chi connectivity index (χ0) is 14.4. The highest BCUT2D eigenvalue weighted by Gasteiger charge is 2.06. The summed E-state index contributed by atoms with van der Waals surface area (Å²) in [5.41, 5.74) is 2.71. The van der Waals surface area contributed by atoms with E-state index in [0.29, 0.717) is 11.3 Å². The second kappa shape index (κ2) is 6.69. The largest absolute Gasteiger partial charge is 0.495 e. The van der Waals surface area contributed by atoms with Crippen LogP contribution in [0.5, 0.6) is 5.75 Å². The van der Waals surface area contributed by atoms with Crippen LogP contribution in [0, 0.1) is 11.3 Å². The maximum Gasteiger partial charge on any atom is 0.136 e. The minimum Gasteiger partial charge on any atom is -0.495 e. The topological polar surface area (TPSA) is 49.1 Å². The molecular formula is C16H17N3O. The monoisotopic (exact) mass is 267 g/mol. The molecule has 0 unspecified atom stereocenters. The number of hydrogen-bond acceptors (Lipinski definition) is 4. The second-order valence-corrected chi connectivity index (χ2v) is 4.64. The predicted molar refractivity (Wildman–Crippen MR) is 77.1 cm³/mol. The Hall–Kier alpha value is -2.38. The summed E-state index contributed by atoms with van der Waals surface area (Å²) >= 11 is 0. The van der Waals surface area contributed by atoms with E-state index in [0.717, 1.165) is 24.3 Å². The first-order valence-corrected chi connectivity index (χ1v) is 6.38. The van der Waals surface area contributed by atoms with Gasteiger partial charge in [0.05, 0.1) is 18.4 Å². The zero-order valence-corrected chi connectivity index (χ0v) is 11.7. The second-order valence-electron chi connectivity index (χ2n) is 4.64. The Morgan fingerprint density at radius 2 is 2.10 bits per heavy atom. The van der Waals surface area contributed by atoms with Crippen LogP contribution in [-0.4, -0.2) is 24.0 Å². The molecule has 0 spiro atoms. The van der Waals surface area contributed by atoms with Gasteiger partial charge in [0.25, 0.3) is 0 Å². The highest BCUT2D eigenvalue weighted by Crippen LogP contribution is 2.20. The van der Waals surface area contributed by atoms with E-state index in [-0.39, 0.29) is 0 Å². The summed E-state index contributed by atoms with van der Waals surface area (Å²) in [5.74, 6) is 0.622. The zero-order valence-electron chi connectivity index (χ0n) is 11.7. The third-order valence-corrected chi connectivity index (χ3v) is 3.00. The van der Waals surface area contributed by atoms with E-state index in [1.165, 1.54) is 0 Å². The summed E-state index contributed by atoms with van der Waals surface area (Å²) in [4.78, 5) is 6.48. The van der Waals surface area contributed by atoms with Gasteiger partial charge >= 0.3 is 0 Å². The molecule has 0 aliphatic rings. The molecule has 4 heteroatoms. The van der Waals surface area contributed by atoms with Crippen molar-refractivity contribution >= 4 is 0 Å².